The number of esters is 1. The maximum absolute atomic E-state index is 12.4. The van der Waals surface area contributed by atoms with Crippen molar-refractivity contribution in [3.8, 4) is 0 Å². The second kappa shape index (κ2) is 5.91. The fraction of sp³-hybridized carbons (Fsp3) is 0.562. The van der Waals surface area contributed by atoms with Gasteiger partial charge in [0, 0.05) is 0 Å². The fourth-order valence-electron chi connectivity index (χ4n) is 2.65. The van der Waals surface area contributed by atoms with Crippen LogP contribution in [0.2, 0.25) is 0 Å². The summed E-state index contributed by atoms with van der Waals surface area (Å²) in [6, 6.07) is 6.84. The highest BCUT2D eigenvalue weighted by atomic mass is 19.4. The highest BCUT2D eigenvalue weighted by Gasteiger charge is 2.45. The van der Waals surface area contributed by atoms with E-state index in [9.17, 15) is 18.0 Å². The van der Waals surface area contributed by atoms with Crippen LogP contribution in [0, 0.1) is 5.41 Å². The Balaban J connectivity index is 2.39. The summed E-state index contributed by atoms with van der Waals surface area (Å²) < 4.78 is 47.4. The molecule has 0 aromatic heterocycles. The summed E-state index contributed by atoms with van der Waals surface area (Å²) in [5.74, 6) is -1.10. The van der Waals surface area contributed by atoms with Crippen LogP contribution in [0.3, 0.4) is 0 Å². The van der Waals surface area contributed by atoms with Gasteiger partial charge in [-0.2, -0.15) is 13.2 Å². The number of fused-ring (bicyclic) bond motifs is 1. The molecule has 22 heavy (non-hydrogen) atoms. The Labute approximate surface area is 127 Å². The van der Waals surface area contributed by atoms with Crippen molar-refractivity contribution in [3.05, 3.63) is 35.4 Å². The number of cyclic esters (lactones) is 1. The summed E-state index contributed by atoms with van der Waals surface area (Å²) in [6.45, 7) is 4.36. The van der Waals surface area contributed by atoms with Crippen molar-refractivity contribution in [2.24, 2.45) is 5.41 Å². The molecule has 2 atom stereocenters. The van der Waals surface area contributed by atoms with Crippen LogP contribution < -0.4 is 0 Å². The Bertz CT molecular complexity index is 552. The molecule has 1 heterocycles. The Morgan fingerprint density at radius 3 is 2.45 bits per heavy atom. The minimum Gasteiger partial charge on any atom is -0.431 e. The van der Waals surface area contributed by atoms with Gasteiger partial charge in [-0.15, -0.1) is 0 Å². The number of benzene rings is 1. The first-order chi connectivity index (χ1) is 10.2. The molecule has 2 rings (SSSR count). The molecule has 0 spiro atoms. The summed E-state index contributed by atoms with van der Waals surface area (Å²) >= 11 is 0. The molecule has 1 aromatic rings. The van der Waals surface area contributed by atoms with Crippen LogP contribution in [0.5, 0.6) is 0 Å². The second-order valence-electron chi connectivity index (χ2n) is 6.11. The van der Waals surface area contributed by atoms with Crippen molar-refractivity contribution >= 4 is 5.97 Å². The van der Waals surface area contributed by atoms with Gasteiger partial charge in [0.15, 0.2) is 0 Å². The Kier molecular flexibility index (Phi) is 4.52. The van der Waals surface area contributed by atoms with E-state index in [1.54, 1.807) is 24.3 Å². The lowest BCUT2D eigenvalue weighted by molar-refractivity contribution is -0.229. The third-order valence-electron chi connectivity index (χ3n) is 4.18. The zero-order valence-corrected chi connectivity index (χ0v) is 12.7. The zero-order valence-electron chi connectivity index (χ0n) is 12.7. The van der Waals surface area contributed by atoms with Gasteiger partial charge in [-0.25, -0.2) is 4.79 Å². The van der Waals surface area contributed by atoms with Gasteiger partial charge >= 0.3 is 12.1 Å². The van der Waals surface area contributed by atoms with Gasteiger partial charge in [-0.1, -0.05) is 45.4 Å². The Morgan fingerprint density at radius 2 is 1.86 bits per heavy atom. The first kappa shape index (κ1) is 16.8. The molecule has 0 N–H and O–H groups in total. The van der Waals surface area contributed by atoms with Crippen molar-refractivity contribution in [1.29, 1.82) is 0 Å². The van der Waals surface area contributed by atoms with E-state index in [4.69, 9.17) is 9.47 Å². The monoisotopic (exact) mass is 316 g/mol. The van der Waals surface area contributed by atoms with Crippen LogP contribution in [0.25, 0.3) is 0 Å². The first-order valence-corrected chi connectivity index (χ1v) is 7.14. The number of alkyl halides is 3. The van der Waals surface area contributed by atoms with E-state index >= 15 is 0 Å². The second-order valence-corrected chi connectivity index (χ2v) is 6.11. The number of ether oxygens (including phenoxy) is 2. The molecule has 1 aliphatic heterocycles. The molecule has 0 saturated heterocycles. The van der Waals surface area contributed by atoms with Crippen LogP contribution in [-0.4, -0.2) is 25.0 Å². The predicted molar refractivity (Wildman–Crippen MR) is 74.5 cm³/mol. The standard InChI is InChI=1S/C16H19F3O3/c1-4-15(2,3)12-10-7-5-6-8-11(10)13(20)22-14(12)21-9-16(17,18)19/h5-8,12,14H,4,9H2,1-3H3. The van der Waals surface area contributed by atoms with Crippen molar-refractivity contribution in [2.45, 2.75) is 45.6 Å². The van der Waals surface area contributed by atoms with Crippen LogP contribution in [0.15, 0.2) is 24.3 Å². The zero-order chi connectivity index (χ0) is 16.5. The lowest BCUT2D eigenvalue weighted by Crippen LogP contribution is -2.42. The molecule has 1 aromatic carbocycles. The number of rotatable bonds is 4. The molecular formula is C16H19F3O3. The molecule has 0 aliphatic carbocycles. The van der Waals surface area contributed by atoms with Gasteiger partial charge in [0.2, 0.25) is 6.29 Å². The lowest BCUT2D eigenvalue weighted by Gasteiger charge is -2.41. The number of hydrogen-bond donors (Lipinski definition) is 0. The number of hydrogen-bond acceptors (Lipinski definition) is 3. The van der Waals surface area contributed by atoms with Crippen LogP contribution >= 0.6 is 0 Å². The quantitative estimate of drug-likeness (QED) is 0.778. The number of carbonyl (C=O) groups excluding carboxylic acids is 1. The fourth-order valence-corrected chi connectivity index (χ4v) is 2.65. The topological polar surface area (TPSA) is 35.5 Å². The molecule has 6 heteroatoms. The normalized spacial score (nSPS) is 22.2. The molecule has 0 saturated carbocycles. The van der Waals surface area contributed by atoms with Gasteiger partial charge in [0.05, 0.1) is 11.5 Å². The summed E-state index contributed by atoms with van der Waals surface area (Å²) in [6.07, 6.45) is -5.00. The predicted octanol–water partition coefficient (Wildman–Crippen LogP) is 4.28. The largest absolute Gasteiger partial charge is 0.431 e. The van der Waals surface area contributed by atoms with E-state index in [0.717, 1.165) is 0 Å². The molecule has 122 valence electrons. The molecule has 0 amide bonds. The van der Waals surface area contributed by atoms with Crippen LogP contribution in [0.1, 0.15) is 49.0 Å². The Morgan fingerprint density at radius 1 is 1.23 bits per heavy atom. The average molecular weight is 316 g/mol. The van der Waals surface area contributed by atoms with Gasteiger partial charge < -0.3 is 9.47 Å². The van der Waals surface area contributed by atoms with Gasteiger partial charge in [-0.05, 0) is 17.0 Å². The van der Waals surface area contributed by atoms with Crippen LogP contribution in [-0.2, 0) is 9.47 Å². The maximum atomic E-state index is 12.4. The van der Waals surface area contributed by atoms with E-state index < -0.39 is 31.0 Å². The molecule has 2 unspecified atom stereocenters. The summed E-state index contributed by atoms with van der Waals surface area (Å²) in [4.78, 5) is 12.0. The summed E-state index contributed by atoms with van der Waals surface area (Å²) in [7, 11) is 0. The SMILES string of the molecule is CCC(C)(C)C1c2ccccc2C(=O)OC1OCC(F)(F)F. The van der Waals surface area contributed by atoms with E-state index in [0.29, 0.717) is 17.5 Å². The molecule has 0 bridgehead atoms. The third-order valence-corrected chi connectivity index (χ3v) is 4.18. The van der Waals surface area contributed by atoms with E-state index in [1.807, 2.05) is 20.8 Å². The minimum atomic E-state index is -4.47. The maximum Gasteiger partial charge on any atom is 0.411 e. The van der Waals surface area contributed by atoms with Crippen LogP contribution in [0.4, 0.5) is 13.2 Å². The van der Waals surface area contributed by atoms with Gasteiger partial charge in [-0.3, -0.25) is 0 Å². The smallest absolute Gasteiger partial charge is 0.411 e. The highest BCUT2D eigenvalue weighted by Crippen LogP contribution is 2.46. The van der Waals surface area contributed by atoms with Crippen molar-refractivity contribution in [1.82, 2.24) is 0 Å². The molecule has 1 aliphatic rings. The van der Waals surface area contributed by atoms with Crippen molar-refractivity contribution in [3.63, 3.8) is 0 Å². The number of carbonyl (C=O) groups is 1. The van der Waals surface area contributed by atoms with E-state index in [2.05, 4.69) is 0 Å². The average Bonchev–Trinajstić information content (AvgIpc) is 2.44. The summed E-state index contributed by atoms with van der Waals surface area (Å²) in [5.41, 5.74) is 0.686. The van der Waals surface area contributed by atoms with Crippen molar-refractivity contribution < 1.29 is 27.4 Å². The third kappa shape index (κ3) is 3.43. The molecule has 0 radical (unpaired) electrons. The van der Waals surface area contributed by atoms with Crippen molar-refractivity contribution in [2.75, 3.05) is 6.61 Å². The summed E-state index contributed by atoms with van der Waals surface area (Å²) in [5, 5.41) is 0. The minimum absolute atomic E-state index is 0.382. The Hall–Kier alpha value is -1.56. The van der Waals surface area contributed by atoms with Gasteiger partial charge in [0.1, 0.15) is 6.61 Å². The van der Waals surface area contributed by atoms with E-state index in [1.165, 1.54) is 0 Å². The molecule has 0 fully saturated rings. The number of halogens is 3. The van der Waals surface area contributed by atoms with E-state index in [-0.39, 0.29) is 5.41 Å². The lowest BCUT2D eigenvalue weighted by atomic mass is 9.70. The highest BCUT2D eigenvalue weighted by molar-refractivity contribution is 5.92. The van der Waals surface area contributed by atoms with Gasteiger partial charge in [0.25, 0.3) is 0 Å². The molecule has 3 nitrogen and oxygen atoms in total. The first-order valence-electron chi connectivity index (χ1n) is 7.14. The molecular weight excluding hydrogens is 297 g/mol.